The van der Waals surface area contributed by atoms with E-state index >= 15 is 0 Å². The van der Waals surface area contributed by atoms with Crippen LogP contribution in [0.1, 0.15) is 19.4 Å². The molecule has 1 rings (SSSR count). The molecule has 0 atom stereocenters. The van der Waals surface area contributed by atoms with E-state index in [1.807, 2.05) is 13.8 Å². The first-order chi connectivity index (χ1) is 8.09. The van der Waals surface area contributed by atoms with Gasteiger partial charge in [-0.25, -0.2) is 9.18 Å². The van der Waals surface area contributed by atoms with Gasteiger partial charge in [0.15, 0.2) is 0 Å². The molecule has 2 amide bonds. The fourth-order valence-electron chi connectivity index (χ4n) is 1.17. The molecule has 1 aromatic carbocycles. The number of amides is 2. The molecule has 92 valence electrons. The lowest BCUT2D eigenvalue weighted by Gasteiger charge is -2.06. The van der Waals surface area contributed by atoms with Crippen molar-refractivity contribution in [2.75, 3.05) is 6.54 Å². The average molecular weight is 236 g/mol. The van der Waals surface area contributed by atoms with Gasteiger partial charge >= 0.3 is 6.03 Å². The van der Waals surface area contributed by atoms with Crippen LogP contribution in [0.15, 0.2) is 30.5 Å². The summed E-state index contributed by atoms with van der Waals surface area (Å²) >= 11 is 0. The van der Waals surface area contributed by atoms with Crippen LogP contribution in [0, 0.1) is 11.7 Å². The van der Waals surface area contributed by atoms with Crippen molar-refractivity contribution in [1.82, 2.24) is 10.6 Å². The van der Waals surface area contributed by atoms with Crippen molar-refractivity contribution in [3.8, 4) is 0 Å². The summed E-state index contributed by atoms with van der Waals surface area (Å²) in [6, 6.07) is 6.08. The van der Waals surface area contributed by atoms with Crippen molar-refractivity contribution in [2.24, 2.45) is 5.92 Å². The smallest absolute Gasteiger partial charge is 0.318 e. The van der Waals surface area contributed by atoms with Crippen molar-refractivity contribution in [2.45, 2.75) is 13.8 Å². The number of nitrogens with one attached hydrogen (secondary N) is 2. The van der Waals surface area contributed by atoms with Crippen LogP contribution in [0.3, 0.4) is 0 Å². The minimum absolute atomic E-state index is 0.286. The second-order valence-corrected chi connectivity index (χ2v) is 4.10. The molecule has 0 saturated carbocycles. The maximum atomic E-state index is 13.2. The lowest BCUT2D eigenvalue weighted by atomic mass is 10.2. The maximum absolute atomic E-state index is 13.2. The van der Waals surface area contributed by atoms with Crippen molar-refractivity contribution >= 4 is 12.1 Å². The lowest BCUT2D eigenvalue weighted by molar-refractivity contribution is 0.243. The largest absolute Gasteiger partial charge is 0.338 e. The van der Waals surface area contributed by atoms with Gasteiger partial charge in [0.2, 0.25) is 0 Å². The molecule has 0 aliphatic rings. The van der Waals surface area contributed by atoms with E-state index in [9.17, 15) is 9.18 Å². The Bertz CT molecular complexity index is 402. The number of carbonyl (C=O) groups is 1. The first kappa shape index (κ1) is 13.2. The number of rotatable bonds is 4. The quantitative estimate of drug-likeness (QED) is 0.829. The molecule has 0 aliphatic carbocycles. The second-order valence-electron chi connectivity index (χ2n) is 4.10. The fourth-order valence-corrected chi connectivity index (χ4v) is 1.17. The number of urea groups is 1. The standard InChI is InChI=1S/C13H17FN2O/c1-10(2)9-16-13(17)15-8-7-11-5-3-4-6-12(11)14/h3-8,10H,9H2,1-2H3,(H2,15,16,17)/b8-7+. The molecule has 0 spiro atoms. The van der Waals surface area contributed by atoms with Gasteiger partial charge in [0.05, 0.1) is 0 Å². The Balaban J connectivity index is 2.40. The predicted molar refractivity (Wildman–Crippen MR) is 66.8 cm³/mol. The zero-order valence-corrected chi connectivity index (χ0v) is 10.0. The van der Waals surface area contributed by atoms with Crippen LogP contribution < -0.4 is 10.6 Å². The number of hydrogen-bond donors (Lipinski definition) is 2. The van der Waals surface area contributed by atoms with Crippen LogP contribution in [0.5, 0.6) is 0 Å². The molecule has 2 N–H and O–H groups in total. The van der Waals surface area contributed by atoms with Gasteiger partial charge in [-0.3, -0.25) is 0 Å². The van der Waals surface area contributed by atoms with E-state index in [-0.39, 0.29) is 11.8 Å². The van der Waals surface area contributed by atoms with Gasteiger partial charge in [-0.15, -0.1) is 0 Å². The summed E-state index contributed by atoms with van der Waals surface area (Å²) in [4.78, 5) is 11.3. The Morgan fingerprint density at radius 3 is 2.76 bits per heavy atom. The summed E-state index contributed by atoms with van der Waals surface area (Å²) in [5, 5.41) is 5.20. The first-order valence-corrected chi connectivity index (χ1v) is 5.55. The van der Waals surface area contributed by atoms with E-state index in [0.29, 0.717) is 18.0 Å². The summed E-state index contributed by atoms with van der Waals surface area (Å²) in [5.74, 6) is 0.0874. The fraction of sp³-hybridized carbons (Fsp3) is 0.308. The highest BCUT2D eigenvalue weighted by molar-refractivity contribution is 5.75. The van der Waals surface area contributed by atoms with E-state index in [1.54, 1.807) is 18.2 Å². The SMILES string of the molecule is CC(C)CNC(=O)N/C=C/c1ccccc1F. The van der Waals surface area contributed by atoms with Gasteiger partial charge in [0, 0.05) is 18.3 Å². The Hall–Kier alpha value is -1.84. The molecule has 0 heterocycles. The molecule has 0 saturated heterocycles. The van der Waals surface area contributed by atoms with Crippen LogP contribution in [-0.2, 0) is 0 Å². The third-order valence-electron chi connectivity index (χ3n) is 2.05. The van der Waals surface area contributed by atoms with Crippen molar-refractivity contribution < 1.29 is 9.18 Å². The third-order valence-corrected chi connectivity index (χ3v) is 2.05. The van der Waals surface area contributed by atoms with E-state index in [0.717, 1.165) is 0 Å². The summed E-state index contributed by atoms with van der Waals surface area (Å²) in [7, 11) is 0. The van der Waals surface area contributed by atoms with E-state index in [2.05, 4.69) is 10.6 Å². The van der Waals surface area contributed by atoms with Crippen molar-refractivity contribution in [3.63, 3.8) is 0 Å². The normalized spacial score (nSPS) is 10.8. The number of hydrogen-bond acceptors (Lipinski definition) is 1. The summed E-state index contributed by atoms with van der Waals surface area (Å²) in [6.07, 6.45) is 2.94. The topological polar surface area (TPSA) is 41.1 Å². The molecule has 0 aliphatic heterocycles. The van der Waals surface area contributed by atoms with Crippen molar-refractivity contribution in [3.05, 3.63) is 41.8 Å². The molecule has 17 heavy (non-hydrogen) atoms. The highest BCUT2D eigenvalue weighted by Gasteiger charge is 1.99. The Morgan fingerprint density at radius 2 is 2.12 bits per heavy atom. The number of benzene rings is 1. The van der Waals surface area contributed by atoms with Gasteiger partial charge < -0.3 is 10.6 Å². The summed E-state index contributed by atoms with van der Waals surface area (Å²) in [6.45, 7) is 4.63. The zero-order chi connectivity index (χ0) is 12.7. The van der Waals surface area contributed by atoms with Crippen LogP contribution >= 0.6 is 0 Å². The van der Waals surface area contributed by atoms with Gasteiger partial charge in [-0.05, 0) is 18.1 Å². The molecule has 3 nitrogen and oxygen atoms in total. The van der Waals surface area contributed by atoms with E-state index < -0.39 is 0 Å². The van der Waals surface area contributed by atoms with Crippen LogP contribution in [0.2, 0.25) is 0 Å². The van der Waals surface area contributed by atoms with Gasteiger partial charge in [-0.1, -0.05) is 32.0 Å². The van der Waals surface area contributed by atoms with Gasteiger partial charge in [0.1, 0.15) is 5.82 Å². The highest BCUT2D eigenvalue weighted by atomic mass is 19.1. The summed E-state index contributed by atoms with van der Waals surface area (Å²) < 4.78 is 13.2. The Labute approximate surface area is 101 Å². The van der Waals surface area contributed by atoms with Crippen LogP contribution in [-0.4, -0.2) is 12.6 Å². The first-order valence-electron chi connectivity index (χ1n) is 5.55. The maximum Gasteiger partial charge on any atom is 0.318 e. The monoisotopic (exact) mass is 236 g/mol. The van der Waals surface area contributed by atoms with Gasteiger partial charge in [0.25, 0.3) is 0 Å². The molecule has 0 unspecified atom stereocenters. The van der Waals surface area contributed by atoms with Crippen LogP contribution in [0.4, 0.5) is 9.18 Å². The molecule has 1 aromatic rings. The number of halogens is 1. The highest BCUT2D eigenvalue weighted by Crippen LogP contribution is 2.07. The molecule has 0 bridgehead atoms. The van der Waals surface area contributed by atoms with Crippen molar-refractivity contribution in [1.29, 1.82) is 0 Å². The second kappa shape index (κ2) is 6.68. The van der Waals surface area contributed by atoms with E-state index in [1.165, 1.54) is 18.3 Å². The van der Waals surface area contributed by atoms with Gasteiger partial charge in [-0.2, -0.15) is 0 Å². The molecule has 0 aromatic heterocycles. The Kier molecular flexibility index (Phi) is 5.20. The third kappa shape index (κ3) is 5.15. The molecule has 0 fully saturated rings. The summed E-state index contributed by atoms with van der Waals surface area (Å²) in [5.41, 5.74) is 0.441. The van der Waals surface area contributed by atoms with E-state index in [4.69, 9.17) is 0 Å². The van der Waals surface area contributed by atoms with Crippen LogP contribution in [0.25, 0.3) is 6.08 Å². The molecular formula is C13H17FN2O. The molecule has 0 radical (unpaired) electrons. The minimum atomic E-state index is -0.312. The predicted octanol–water partition coefficient (Wildman–Crippen LogP) is 2.75. The lowest BCUT2D eigenvalue weighted by Crippen LogP contribution is -2.34. The zero-order valence-electron chi connectivity index (χ0n) is 10.0. The average Bonchev–Trinajstić information content (AvgIpc) is 2.29. The molecular weight excluding hydrogens is 219 g/mol. The number of carbonyl (C=O) groups excluding carboxylic acids is 1. The molecule has 4 heteroatoms. The Morgan fingerprint density at radius 1 is 1.41 bits per heavy atom. The minimum Gasteiger partial charge on any atom is -0.338 e.